The minimum Gasteiger partial charge on any atom is -0.495 e. The zero-order chi connectivity index (χ0) is 41.0. The van der Waals surface area contributed by atoms with Crippen LogP contribution in [0.4, 0.5) is 0 Å². The lowest BCUT2D eigenvalue weighted by Gasteiger charge is -2.66. The van der Waals surface area contributed by atoms with Crippen molar-refractivity contribution in [3.05, 3.63) is 60.7 Å². The minimum atomic E-state index is -0.331. The van der Waals surface area contributed by atoms with Crippen LogP contribution in [0.15, 0.2) is 60.2 Å². The summed E-state index contributed by atoms with van der Waals surface area (Å²) in [6.45, 7) is 30.9. The molecule has 0 aromatic carbocycles. The smallest absolute Gasteiger partial charge is 0.112 e. The highest BCUT2D eigenvalue weighted by atomic mass is 16.5. The van der Waals surface area contributed by atoms with Crippen molar-refractivity contribution in [2.75, 3.05) is 6.61 Å². The van der Waals surface area contributed by atoms with Gasteiger partial charge in [0.25, 0.3) is 0 Å². The van der Waals surface area contributed by atoms with Gasteiger partial charge in [-0.3, -0.25) is 10.4 Å². The van der Waals surface area contributed by atoms with Gasteiger partial charge in [-0.25, -0.2) is 0 Å². The van der Waals surface area contributed by atoms with Gasteiger partial charge in [-0.2, -0.15) is 5.10 Å². The predicted molar refractivity (Wildman–Crippen MR) is 235 cm³/mol. The number of hydrogen-bond donors (Lipinski definition) is 2. The Bertz CT molecular complexity index is 1790. The molecule has 7 aliphatic carbocycles. The molecule has 4 bridgehead atoms. The Labute approximate surface area is 346 Å². The molecule has 1 aromatic rings. The summed E-state index contributed by atoms with van der Waals surface area (Å²) in [5, 5.41) is 3.85. The second-order valence-electron chi connectivity index (χ2n) is 22.8. The zero-order valence-electron chi connectivity index (χ0n) is 37.7. The lowest BCUT2D eigenvalue weighted by Crippen LogP contribution is -2.62. The summed E-state index contributed by atoms with van der Waals surface area (Å²) in [5.74, 6) is 5.34. The average molecular weight is 779 g/mol. The molecular weight excluding hydrogens is 701 g/mol. The van der Waals surface area contributed by atoms with Gasteiger partial charge in [-0.1, -0.05) is 80.5 Å². The van der Waals surface area contributed by atoms with E-state index in [4.69, 9.17) is 15.2 Å². The van der Waals surface area contributed by atoms with E-state index in [-0.39, 0.29) is 27.4 Å². The fourth-order valence-electron chi connectivity index (χ4n) is 15.5. The number of nitrogens with zero attached hydrogens (tertiary/aromatic N) is 2. The summed E-state index contributed by atoms with van der Waals surface area (Å²) in [6.07, 6.45) is 27.7. The number of hydrogen-bond acceptors (Lipinski definition) is 6. The standard InChI is InChI=1S/C42H67NO2.C9H11N3/c1-26(2)27(3)40-20-19-37(9)31-13-14-33-36(8)23-29-11-12-30(29)41(18-16-34(36)44-25-38(10,43)35(5,6)7)28(4)42(33,41)32(31)15-17-39(37,24-40)21-22-45-40;1-3-11-12-8(2)9-4-6-10-7-5-9/h15,21-22,26-31,33-34H,11-14,16-20,23-25,43H2,1-10H3;3-7,12H,2H2,1H3/b;11-3-/t27-,28-,29?,30?,31?,33?,34?,36+,37?,38+,39-,40-,41?,42?;/m1./s1. The molecule has 6 fully saturated rings. The molecule has 3 N–H and O–H groups in total. The Morgan fingerprint density at radius 3 is 2.46 bits per heavy atom. The van der Waals surface area contributed by atoms with Crippen LogP contribution < -0.4 is 11.2 Å². The summed E-state index contributed by atoms with van der Waals surface area (Å²) < 4.78 is 13.9. The first-order valence-electron chi connectivity index (χ1n) is 23.1. The molecule has 0 saturated heterocycles. The third kappa shape index (κ3) is 5.66. The molecule has 1 aromatic heterocycles. The maximum Gasteiger partial charge on any atom is 0.112 e. The van der Waals surface area contributed by atoms with Gasteiger partial charge in [0.05, 0.1) is 24.7 Å². The van der Waals surface area contributed by atoms with E-state index in [1.54, 1.807) is 18.6 Å². The van der Waals surface area contributed by atoms with Crippen LogP contribution in [0.3, 0.4) is 0 Å². The molecule has 6 nitrogen and oxygen atoms in total. The number of rotatable bonds is 8. The minimum absolute atomic E-state index is 0.0119. The van der Waals surface area contributed by atoms with Gasteiger partial charge in [0.15, 0.2) is 0 Å². The number of ether oxygens (including phenoxy) is 2. The Kier molecular flexibility index (Phi) is 10.00. The molecule has 8 unspecified atom stereocenters. The van der Waals surface area contributed by atoms with E-state index in [1.165, 1.54) is 70.6 Å². The highest BCUT2D eigenvalue weighted by Gasteiger charge is 2.87. The molecule has 9 rings (SSSR count). The average Bonchev–Trinajstić information content (AvgIpc) is 3.71. The highest BCUT2D eigenvalue weighted by molar-refractivity contribution is 5.62. The van der Waals surface area contributed by atoms with Crippen LogP contribution in [-0.4, -0.2) is 35.0 Å². The Hall–Kier alpha value is -2.44. The molecule has 2 spiro atoms. The fraction of sp³-hybridized carbons (Fsp3) is 0.765. The molecule has 14 atom stereocenters. The Morgan fingerprint density at radius 2 is 1.81 bits per heavy atom. The lowest BCUT2D eigenvalue weighted by molar-refractivity contribution is -0.176. The quantitative estimate of drug-likeness (QED) is 0.156. The number of allylic oxidation sites excluding steroid dienone is 3. The second-order valence-corrected chi connectivity index (χ2v) is 22.8. The highest BCUT2D eigenvalue weighted by Crippen LogP contribution is 2.92. The molecule has 6 saturated carbocycles. The molecule has 6 heteroatoms. The number of fused-ring (bicyclic) bond motifs is 4. The molecular formula is C51H78N4O2. The van der Waals surface area contributed by atoms with Crippen molar-refractivity contribution in [1.82, 2.24) is 10.4 Å². The summed E-state index contributed by atoms with van der Waals surface area (Å²) in [7, 11) is 0. The maximum atomic E-state index is 7.18. The maximum absolute atomic E-state index is 7.18. The van der Waals surface area contributed by atoms with Crippen LogP contribution in [0.25, 0.3) is 5.70 Å². The van der Waals surface area contributed by atoms with Crippen LogP contribution in [-0.2, 0) is 9.47 Å². The first kappa shape index (κ1) is 41.3. The van der Waals surface area contributed by atoms with E-state index in [2.05, 4.69) is 110 Å². The van der Waals surface area contributed by atoms with Crippen molar-refractivity contribution in [3.63, 3.8) is 0 Å². The lowest BCUT2D eigenvalue weighted by atomic mass is 9.39. The third-order valence-electron chi connectivity index (χ3n) is 19.9. The van der Waals surface area contributed by atoms with E-state index in [0.29, 0.717) is 46.7 Å². The molecule has 57 heavy (non-hydrogen) atoms. The van der Waals surface area contributed by atoms with E-state index in [1.807, 2.05) is 24.6 Å². The van der Waals surface area contributed by atoms with E-state index in [0.717, 1.165) is 34.9 Å². The molecule has 0 radical (unpaired) electrons. The van der Waals surface area contributed by atoms with Gasteiger partial charge >= 0.3 is 0 Å². The number of aromatic nitrogens is 1. The van der Waals surface area contributed by atoms with E-state index in [9.17, 15) is 0 Å². The van der Waals surface area contributed by atoms with Crippen molar-refractivity contribution < 1.29 is 9.47 Å². The largest absolute Gasteiger partial charge is 0.495 e. The zero-order valence-corrected chi connectivity index (χ0v) is 37.7. The van der Waals surface area contributed by atoms with Crippen molar-refractivity contribution >= 4 is 11.9 Å². The van der Waals surface area contributed by atoms with Crippen molar-refractivity contribution in [1.29, 1.82) is 0 Å². The predicted octanol–water partition coefficient (Wildman–Crippen LogP) is 11.7. The van der Waals surface area contributed by atoms with Gasteiger partial charge < -0.3 is 15.2 Å². The number of nitrogens with one attached hydrogen (secondary N) is 1. The number of pyridine rings is 1. The van der Waals surface area contributed by atoms with Crippen LogP contribution in [0, 0.1) is 73.9 Å². The molecule has 1 aliphatic heterocycles. The van der Waals surface area contributed by atoms with Crippen LogP contribution in [0.2, 0.25) is 0 Å². The topological polar surface area (TPSA) is 81.8 Å². The molecule has 8 aliphatic rings. The van der Waals surface area contributed by atoms with Crippen LogP contribution in [0.1, 0.15) is 152 Å². The summed E-state index contributed by atoms with van der Waals surface area (Å²) >= 11 is 0. The van der Waals surface area contributed by atoms with Gasteiger partial charge in [0, 0.05) is 40.5 Å². The van der Waals surface area contributed by atoms with Gasteiger partial charge in [0.2, 0.25) is 0 Å². The second kappa shape index (κ2) is 13.8. The first-order valence-corrected chi connectivity index (χ1v) is 23.1. The third-order valence-corrected chi connectivity index (χ3v) is 19.9. The normalized spacial score (nSPS) is 45.0. The van der Waals surface area contributed by atoms with Gasteiger partial charge in [0.1, 0.15) is 5.60 Å². The fourth-order valence-corrected chi connectivity index (χ4v) is 15.5. The first-order chi connectivity index (χ1) is 26.8. The molecule has 0 amide bonds. The SMILES string of the molecule is C=C(N/N=C\C)c1ccncc1.CC(C)[C@@H](C)[C@]12CCC3(C)C4CCC5C6(C4=CC[C@@]3(C=CO1)C2)[C@H](C)C61CCC(OC[C@](C)(N)C(C)(C)C)[C@@]5(C)CC2CCC21. The summed E-state index contributed by atoms with van der Waals surface area (Å²) in [6, 6.07) is 3.75. The van der Waals surface area contributed by atoms with E-state index < -0.39 is 0 Å². The Balaban J connectivity index is 0.000000327. The Morgan fingerprint density at radius 1 is 1.07 bits per heavy atom. The van der Waals surface area contributed by atoms with Gasteiger partial charge in [-0.05, 0) is 166 Å². The monoisotopic (exact) mass is 779 g/mol. The van der Waals surface area contributed by atoms with Crippen LogP contribution >= 0.6 is 0 Å². The summed E-state index contributed by atoms with van der Waals surface area (Å²) in [5.41, 5.74) is 14.9. The number of hydrazone groups is 1. The van der Waals surface area contributed by atoms with Crippen LogP contribution in [0.5, 0.6) is 0 Å². The van der Waals surface area contributed by atoms with Gasteiger partial charge in [-0.15, -0.1) is 0 Å². The van der Waals surface area contributed by atoms with Crippen molar-refractivity contribution in [2.45, 2.75) is 164 Å². The molecule has 314 valence electrons. The van der Waals surface area contributed by atoms with E-state index >= 15 is 0 Å². The number of nitrogens with two attached hydrogens (primary N) is 1. The molecule has 2 heterocycles. The summed E-state index contributed by atoms with van der Waals surface area (Å²) in [4.78, 5) is 3.90. The van der Waals surface area contributed by atoms with Crippen molar-refractivity contribution in [2.24, 2.45) is 84.8 Å². The van der Waals surface area contributed by atoms with Crippen molar-refractivity contribution in [3.8, 4) is 0 Å².